The second-order valence-corrected chi connectivity index (χ2v) is 6.10. The van der Waals surface area contributed by atoms with Crippen LogP contribution in [0.3, 0.4) is 0 Å². The lowest BCUT2D eigenvalue weighted by atomic mass is 9.94. The molecule has 0 saturated carbocycles. The average Bonchev–Trinajstić information content (AvgIpc) is 2.50. The largest absolute Gasteiger partial charge is 0.298 e. The lowest BCUT2D eigenvalue weighted by molar-refractivity contribution is 0.568. The quantitative estimate of drug-likeness (QED) is 0.826. The van der Waals surface area contributed by atoms with E-state index >= 15 is 0 Å². The Balaban J connectivity index is 0.00000128. The van der Waals surface area contributed by atoms with Gasteiger partial charge in [-0.2, -0.15) is 0 Å². The molecule has 16 heavy (non-hydrogen) atoms. The maximum absolute atomic E-state index is 3.61. The maximum Gasteiger partial charge on any atom is 0.0878 e. The number of nitrogens with one attached hydrogen (secondary N) is 1. The molecular formula is C13H20ClNS. The third kappa shape index (κ3) is 2.39. The van der Waals surface area contributed by atoms with Gasteiger partial charge in [-0.3, -0.25) is 5.32 Å². The Morgan fingerprint density at radius 2 is 1.75 bits per heavy atom. The summed E-state index contributed by atoms with van der Waals surface area (Å²) in [6.45, 7) is 10.0. The van der Waals surface area contributed by atoms with Crippen molar-refractivity contribution in [2.75, 3.05) is 12.3 Å². The highest BCUT2D eigenvalue weighted by Gasteiger charge is 2.33. The van der Waals surface area contributed by atoms with Crippen molar-refractivity contribution in [3.8, 4) is 0 Å². The Hall–Kier alpha value is -0.180. The number of benzene rings is 1. The summed E-state index contributed by atoms with van der Waals surface area (Å²) in [5, 5.41) is 3.61. The Kier molecular flexibility index (Phi) is 4.33. The zero-order chi connectivity index (χ0) is 11.1. The third-order valence-electron chi connectivity index (χ3n) is 3.11. The van der Waals surface area contributed by atoms with Gasteiger partial charge >= 0.3 is 0 Å². The van der Waals surface area contributed by atoms with E-state index in [0.29, 0.717) is 0 Å². The first kappa shape index (κ1) is 13.9. The van der Waals surface area contributed by atoms with Crippen molar-refractivity contribution >= 4 is 24.2 Å². The normalized spacial score (nSPS) is 24.2. The van der Waals surface area contributed by atoms with Gasteiger partial charge in [-0.05, 0) is 44.4 Å². The van der Waals surface area contributed by atoms with E-state index in [0.717, 1.165) is 6.54 Å². The van der Waals surface area contributed by atoms with Crippen molar-refractivity contribution in [2.24, 2.45) is 0 Å². The van der Waals surface area contributed by atoms with Crippen molar-refractivity contribution in [3.05, 3.63) is 34.4 Å². The predicted octanol–water partition coefficient (Wildman–Crippen LogP) is 3.54. The Labute approximate surface area is 109 Å². The number of hydrogen-bond donors (Lipinski definition) is 1. The highest BCUT2D eigenvalue weighted by atomic mass is 35.5. The fourth-order valence-electron chi connectivity index (χ4n) is 2.69. The zero-order valence-corrected chi connectivity index (χ0v) is 12.0. The van der Waals surface area contributed by atoms with Crippen LogP contribution in [-0.4, -0.2) is 12.3 Å². The molecule has 1 unspecified atom stereocenters. The van der Waals surface area contributed by atoms with Gasteiger partial charge in [-0.25, -0.2) is 0 Å². The van der Waals surface area contributed by atoms with Gasteiger partial charge in [0.1, 0.15) is 0 Å². The summed E-state index contributed by atoms with van der Waals surface area (Å²) in [5.74, 6) is 1.21. The molecule has 1 nitrogen and oxygen atoms in total. The number of halogens is 1. The summed E-state index contributed by atoms with van der Waals surface area (Å²) in [6.07, 6.45) is 0. The topological polar surface area (TPSA) is 12.0 Å². The van der Waals surface area contributed by atoms with Crippen molar-refractivity contribution < 1.29 is 0 Å². The van der Waals surface area contributed by atoms with Gasteiger partial charge in [0.2, 0.25) is 0 Å². The van der Waals surface area contributed by atoms with Gasteiger partial charge in [-0.1, -0.05) is 17.7 Å². The van der Waals surface area contributed by atoms with Crippen LogP contribution in [0.25, 0.3) is 0 Å². The van der Waals surface area contributed by atoms with E-state index in [4.69, 9.17) is 0 Å². The predicted molar refractivity (Wildman–Crippen MR) is 75.7 cm³/mol. The lowest BCUT2D eigenvalue weighted by Gasteiger charge is -2.28. The van der Waals surface area contributed by atoms with E-state index in [-0.39, 0.29) is 17.3 Å². The van der Waals surface area contributed by atoms with Crippen molar-refractivity contribution in [2.45, 2.75) is 32.6 Å². The van der Waals surface area contributed by atoms with E-state index < -0.39 is 0 Å². The van der Waals surface area contributed by atoms with Crippen LogP contribution in [0.1, 0.15) is 29.2 Å². The number of rotatable bonds is 1. The average molecular weight is 258 g/mol. The monoisotopic (exact) mass is 257 g/mol. The van der Waals surface area contributed by atoms with Crippen LogP contribution in [0, 0.1) is 20.8 Å². The molecule has 0 amide bonds. The van der Waals surface area contributed by atoms with Crippen molar-refractivity contribution in [1.82, 2.24) is 5.32 Å². The van der Waals surface area contributed by atoms with Gasteiger partial charge in [0.05, 0.1) is 4.87 Å². The SMILES string of the molecule is Cc1cc(C)c(C2(C)NCCS2)c(C)c1.Cl. The summed E-state index contributed by atoms with van der Waals surface area (Å²) in [5.41, 5.74) is 5.67. The third-order valence-corrected chi connectivity index (χ3v) is 4.44. The van der Waals surface area contributed by atoms with E-state index in [1.165, 1.54) is 28.0 Å². The highest BCUT2D eigenvalue weighted by Crippen LogP contribution is 2.40. The maximum atomic E-state index is 3.61. The van der Waals surface area contributed by atoms with Crippen LogP contribution in [0.5, 0.6) is 0 Å². The van der Waals surface area contributed by atoms with Gasteiger partial charge in [-0.15, -0.1) is 24.2 Å². The molecule has 1 N–H and O–H groups in total. The van der Waals surface area contributed by atoms with Crippen LogP contribution < -0.4 is 5.32 Å². The van der Waals surface area contributed by atoms with E-state index in [9.17, 15) is 0 Å². The van der Waals surface area contributed by atoms with Gasteiger partial charge in [0.15, 0.2) is 0 Å². The van der Waals surface area contributed by atoms with Gasteiger partial charge < -0.3 is 0 Å². The van der Waals surface area contributed by atoms with Crippen LogP contribution in [0.2, 0.25) is 0 Å². The smallest absolute Gasteiger partial charge is 0.0878 e. The Bertz CT molecular complexity index is 361. The molecule has 1 saturated heterocycles. The van der Waals surface area contributed by atoms with Crippen LogP contribution in [0.4, 0.5) is 0 Å². The molecular weight excluding hydrogens is 238 g/mol. The number of aryl methyl sites for hydroxylation is 3. The molecule has 0 spiro atoms. The molecule has 1 heterocycles. The molecule has 1 aromatic rings. The molecule has 3 heteroatoms. The molecule has 0 aromatic heterocycles. The molecule has 90 valence electrons. The minimum atomic E-state index is 0. The number of hydrogen-bond acceptors (Lipinski definition) is 2. The molecule has 2 rings (SSSR count). The van der Waals surface area contributed by atoms with Crippen molar-refractivity contribution in [1.29, 1.82) is 0 Å². The van der Waals surface area contributed by atoms with Gasteiger partial charge in [0.25, 0.3) is 0 Å². The van der Waals surface area contributed by atoms with Gasteiger partial charge in [0, 0.05) is 12.3 Å². The van der Waals surface area contributed by atoms with Crippen LogP contribution in [-0.2, 0) is 4.87 Å². The zero-order valence-electron chi connectivity index (χ0n) is 10.4. The number of thioether (sulfide) groups is 1. The minimum absolute atomic E-state index is 0. The summed E-state index contributed by atoms with van der Waals surface area (Å²) < 4.78 is 0. The van der Waals surface area contributed by atoms with Crippen molar-refractivity contribution in [3.63, 3.8) is 0 Å². The Morgan fingerprint density at radius 1 is 1.19 bits per heavy atom. The fourth-order valence-corrected chi connectivity index (χ4v) is 3.97. The second kappa shape index (κ2) is 4.99. The summed E-state index contributed by atoms with van der Waals surface area (Å²) >= 11 is 2.02. The van der Waals surface area contributed by atoms with Crippen LogP contribution >= 0.6 is 24.2 Å². The molecule has 1 aromatic carbocycles. The first-order valence-electron chi connectivity index (χ1n) is 5.50. The molecule has 1 fully saturated rings. The first-order valence-corrected chi connectivity index (χ1v) is 6.49. The van der Waals surface area contributed by atoms with E-state index in [1.54, 1.807) is 0 Å². The molecule has 1 aliphatic heterocycles. The molecule has 0 aliphatic carbocycles. The highest BCUT2D eigenvalue weighted by molar-refractivity contribution is 8.00. The van der Waals surface area contributed by atoms with E-state index in [2.05, 4.69) is 45.1 Å². The lowest BCUT2D eigenvalue weighted by Crippen LogP contribution is -2.32. The summed E-state index contributed by atoms with van der Waals surface area (Å²) in [6, 6.07) is 4.57. The Morgan fingerprint density at radius 3 is 2.19 bits per heavy atom. The second-order valence-electron chi connectivity index (χ2n) is 4.58. The molecule has 1 atom stereocenters. The molecule has 1 aliphatic rings. The standard InChI is InChI=1S/C13H19NS.ClH/c1-9-7-10(2)12(11(3)8-9)13(4)14-5-6-15-13;/h7-8,14H,5-6H2,1-4H3;1H. The molecule has 0 bridgehead atoms. The molecule has 0 radical (unpaired) electrons. The van der Waals surface area contributed by atoms with Crippen LogP contribution in [0.15, 0.2) is 12.1 Å². The van der Waals surface area contributed by atoms with E-state index in [1.807, 2.05) is 11.8 Å². The summed E-state index contributed by atoms with van der Waals surface area (Å²) in [7, 11) is 0. The summed E-state index contributed by atoms with van der Waals surface area (Å²) in [4.78, 5) is 0.127. The fraction of sp³-hybridized carbons (Fsp3) is 0.538. The minimum Gasteiger partial charge on any atom is -0.298 e. The first-order chi connectivity index (χ1) is 7.03.